The van der Waals surface area contributed by atoms with E-state index >= 15 is 0 Å². The molecule has 0 saturated heterocycles. The second-order valence-corrected chi connectivity index (χ2v) is 5.04. The molecule has 1 atom stereocenters. The highest BCUT2D eigenvalue weighted by Crippen LogP contribution is 2.30. The number of hydrogen-bond acceptors (Lipinski definition) is 2. The maximum absolute atomic E-state index is 9.54. The van der Waals surface area contributed by atoms with Crippen LogP contribution >= 0.6 is 0 Å². The third kappa shape index (κ3) is 2.61. The van der Waals surface area contributed by atoms with E-state index in [0.29, 0.717) is 0 Å². The molecule has 96 valence electrons. The number of nitrogens with zero attached hydrogens (tertiary/aromatic N) is 1. The molecule has 2 rings (SSSR count). The molecular weight excluding hydrogens is 232 g/mol. The topological polar surface area (TPSA) is 49.8 Å². The van der Waals surface area contributed by atoms with Gasteiger partial charge in [-0.25, -0.2) is 0 Å². The minimum Gasteiger partial charge on any atom is -0.399 e. The molecular formula is C17H18N2. The zero-order valence-electron chi connectivity index (χ0n) is 11.6. The molecule has 0 aliphatic heterocycles. The maximum Gasteiger partial charge on any atom is 0.0967 e. The van der Waals surface area contributed by atoms with Crippen LogP contribution in [0.1, 0.15) is 33.7 Å². The summed E-state index contributed by atoms with van der Waals surface area (Å²) in [5, 5.41) is 9.54. The number of hydrogen-bond donors (Lipinski definition) is 1. The van der Waals surface area contributed by atoms with Gasteiger partial charge in [0.25, 0.3) is 0 Å². The van der Waals surface area contributed by atoms with Crippen LogP contribution in [0.5, 0.6) is 0 Å². The predicted octanol–water partition coefficient (Wildman–Crippen LogP) is 3.85. The summed E-state index contributed by atoms with van der Waals surface area (Å²) < 4.78 is 0. The van der Waals surface area contributed by atoms with E-state index in [0.717, 1.165) is 16.8 Å². The van der Waals surface area contributed by atoms with Crippen molar-refractivity contribution in [3.05, 3.63) is 64.2 Å². The average molecular weight is 250 g/mol. The first-order valence-corrected chi connectivity index (χ1v) is 6.35. The third-order valence-corrected chi connectivity index (χ3v) is 3.43. The molecule has 0 aliphatic rings. The molecule has 2 aromatic rings. The number of anilines is 1. The fraction of sp³-hybridized carbons (Fsp3) is 0.235. The van der Waals surface area contributed by atoms with Gasteiger partial charge in [0.05, 0.1) is 12.0 Å². The van der Waals surface area contributed by atoms with Crippen LogP contribution < -0.4 is 5.73 Å². The van der Waals surface area contributed by atoms with Crippen LogP contribution in [0.25, 0.3) is 0 Å². The standard InChI is InChI=1S/C17H18N2/c1-11-8-12(2)17(13(3)9-11)16(10-18)14-4-6-15(19)7-5-14/h4-9,16H,19H2,1-3H3. The molecule has 0 spiro atoms. The first kappa shape index (κ1) is 13.2. The van der Waals surface area contributed by atoms with Crippen molar-refractivity contribution in [1.82, 2.24) is 0 Å². The lowest BCUT2D eigenvalue weighted by Gasteiger charge is -2.17. The largest absolute Gasteiger partial charge is 0.399 e. The van der Waals surface area contributed by atoms with Crippen molar-refractivity contribution in [2.45, 2.75) is 26.7 Å². The van der Waals surface area contributed by atoms with E-state index in [1.54, 1.807) is 0 Å². The third-order valence-electron chi connectivity index (χ3n) is 3.43. The average Bonchev–Trinajstić information content (AvgIpc) is 2.35. The van der Waals surface area contributed by atoms with Crippen LogP contribution in [0.2, 0.25) is 0 Å². The Morgan fingerprint density at radius 3 is 2.00 bits per heavy atom. The normalized spacial score (nSPS) is 11.9. The zero-order valence-corrected chi connectivity index (χ0v) is 11.6. The second kappa shape index (κ2) is 5.16. The fourth-order valence-corrected chi connectivity index (χ4v) is 2.64. The highest BCUT2D eigenvalue weighted by atomic mass is 14.5. The van der Waals surface area contributed by atoms with Gasteiger partial charge < -0.3 is 5.73 Å². The Hall–Kier alpha value is -2.27. The van der Waals surface area contributed by atoms with Crippen LogP contribution in [0.15, 0.2) is 36.4 Å². The van der Waals surface area contributed by atoms with E-state index in [-0.39, 0.29) is 5.92 Å². The molecule has 19 heavy (non-hydrogen) atoms. The summed E-state index contributed by atoms with van der Waals surface area (Å²) in [4.78, 5) is 0. The fourth-order valence-electron chi connectivity index (χ4n) is 2.64. The van der Waals surface area contributed by atoms with Gasteiger partial charge in [0, 0.05) is 5.69 Å². The first-order valence-electron chi connectivity index (χ1n) is 6.35. The van der Waals surface area contributed by atoms with Gasteiger partial charge in [0.1, 0.15) is 0 Å². The smallest absolute Gasteiger partial charge is 0.0967 e. The lowest BCUT2D eigenvalue weighted by Crippen LogP contribution is -2.04. The van der Waals surface area contributed by atoms with Gasteiger partial charge >= 0.3 is 0 Å². The van der Waals surface area contributed by atoms with E-state index in [9.17, 15) is 5.26 Å². The van der Waals surface area contributed by atoms with Gasteiger partial charge in [-0.1, -0.05) is 29.8 Å². The van der Waals surface area contributed by atoms with Crippen molar-refractivity contribution in [2.75, 3.05) is 5.73 Å². The summed E-state index contributed by atoms with van der Waals surface area (Å²) in [6.45, 7) is 6.21. The highest BCUT2D eigenvalue weighted by Gasteiger charge is 2.18. The van der Waals surface area contributed by atoms with E-state index in [2.05, 4.69) is 39.0 Å². The van der Waals surface area contributed by atoms with E-state index in [4.69, 9.17) is 5.73 Å². The second-order valence-electron chi connectivity index (χ2n) is 5.04. The molecule has 0 aromatic heterocycles. The molecule has 2 aromatic carbocycles. The van der Waals surface area contributed by atoms with Gasteiger partial charge in [0.15, 0.2) is 0 Å². The van der Waals surface area contributed by atoms with Crippen molar-refractivity contribution >= 4 is 5.69 Å². The molecule has 1 unspecified atom stereocenters. The predicted molar refractivity (Wildman–Crippen MR) is 79.0 cm³/mol. The van der Waals surface area contributed by atoms with Gasteiger partial charge in [-0.3, -0.25) is 0 Å². The molecule has 0 saturated carbocycles. The van der Waals surface area contributed by atoms with Gasteiger partial charge in [-0.2, -0.15) is 5.26 Å². The van der Waals surface area contributed by atoms with Crippen LogP contribution in [0.4, 0.5) is 5.69 Å². The van der Waals surface area contributed by atoms with Gasteiger partial charge in [-0.05, 0) is 55.2 Å². The Kier molecular flexibility index (Phi) is 3.57. The molecule has 0 amide bonds. The SMILES string of the molecule is Cc1cc(C)c(C(C#N)c2ccc(N)cc2)c(C)c1. The minimum absolute atomic E-state index is 0.235. The Balaban J connectivity index is 2.55. The summed E-state index contributed by atoms with van der Waals surface area (Å²) in [7, 11) is 0. The van der Waals surface area contributed by atoms with E-state index < -0.39 is 0 Å². The van der Waals surface area contributed by atoms with Crippen molar-refractivity contribution in [3.8, 4) is 6.07 Å². The summed E-state index contributed by atoms with van der Waals surface area (Å²) in [5.74, 6) is -0.235. The minimum atomic E-state index is -0.235. The van der Waals surface area contributed by atoms with Crippen molar-refractivity contribution in [1.29, 1.82) is 5.26 Å². The monoisotopic (exact) mass is 250 g/mol. The molecule has 2 N–H and O–H groups in total. The molecule has 2 heteroatoms. The van der Waals surface area contributed by atoms with Crippen molar-refractivity contribution in [2.24, 2.45) is 0 Å². The number of aryl methyl sites for hydroxylation is 3. The van der Waals surface area contributed by atoms with Crippen LogP contribution in [-0.2, 0) is 0 Å². The summed E-state index contributed by atoms with van der Waals surface area (Å²) in [6.07, 6.45) is 0. The van der Waals surface area contributed by atoms with Crippen molar-refractivity contribution in [3.63, 3.8) is 0 Å². The van der Waals surface area contributed by atoms with Gasteiger partial charge in [0.2, 0.25) is 0 Å². The highest BCUT2D eigenvalue weighted by molar-refractivity contribution is 5.50. The Morgan fingerprint density at radius 2 is 1.53 bits per heavy atom. The Labute approximate surface area is 114 Å². The number of benzene rings is 2. The van der Waals surface area contributed by atoms with Crippen LogP contribution in [-0.4, -0.2) is 0 Å². The number of nitrogens with two attached hydrogens (primary N) is 1. The number of nitrogen functional groups attached to an aromatic ring is 1. The molecule has 0 aliphatic carbocycles. The van der Waals surface area contributed by atoms with E-state index in [1.807, 2.05) is 24.3 Å². The van der Waals surface area contributed by atoms with Crippen LogP contribution in [0.3, 0.4) is 0 Å². The summed E-state index contributed by atoms with van der Waals surface area (Å²) in [6, 6.07) is 14.2. The molecule has 2 nitrogen and oxygen atoms in total. The van der Waals surface area contributed by atoms with Crippen molar-refractivity contribution < 1.29 is 0 Å². The molecule has 0 heterocycles. The Bertz CT molecular complexity index is 610. The number of nitriles is 1. The van der Waals surface area contributed by atoms with Crippen LogP contribution in [0, 0.1) is 32.1 Å². The Morgan fingerprint density at radius 1 is 1.00 bits per heavy atom. The lowest BCUT2D eigenvalue weighted by atomic mass is 9.85. The van der Waals surface area contributed by atoms with E-state index in [1.165, 1.54) is 16.7 Å². The maximum atomic E-state index is 9.54. The molecule has 0 fully saturated rings. The molecule has 0 bridgehead atoms. The first-order chi connectivity index (χ1) is 9.02. The summed E-state index contributed by atoms with van der Waals surface area (Å²) in [5.41, 5.74) is 12.1. The number of rotatable bonds is 2. The quantitative estimate of drug-likeness (QED) is 0.823. The van der Waals surface area contributed by atoms with Gasteiger partial charge in [-0.15, -0.1) is 0 Å². The zero-order chi connectivity index (χ0) is 14.0. The lowest BCUT2D eigenvalue weighted by molar-refractivity contribution is 0.996. The summed E-state index contributed by atoms with van der Waals surface area (Å²) >= 11 is 0. The molecule has 0 radical (unpaired) electrons.